The summed E-state index contributed by atoms with van der Waals surface area (Å²) in [6.07, 6.45) is 2.04. The minimum Gasteiger partial charge on any atom is -0.378 e. The zero-order valence-corrected chi connectivity index (χ0v) is 12.3. The second-order valence-electron chi connectivity index (χ2n) is 4.66. The largest absolute Gasteiger partial charge is 0.378 e. The van der Waals surface area contributed by atoms with Gasteiger partial charge < -0.3 is 9.64 Å². The Morgan fingerprint density at radius 1 is 1.15 bits per heavy atom. The first-order chi connectivity index (χ1) is 9.88. The second kappa shape index (κ2) is 6.28. The first-order valence-corrected chi connectivity index (χ1v) is 7.95. The number of hydrogen-bond acceptors (Lipinski definition) is 5. The lowest BCUT2D eigenvalue weighted by Crippen LogP contribution is -2.38. The molecule has 1 saturated heterocycles. The Morgan fingerprint density at radius 3 is 2.60 bits per heavy atom. The molecule has 0 unspecified atom stereocenters. The van der Waals surface area contributed by atoms with Gasteiger partial charge in [-0.15, -0.1) is 10.2 Å². The lowest BCUT2D eigenvalue weighted by molar-refractivity contribution is 0.121. The van der Waals surface area contributed by atoms with Gasteiger partial charge in [-0.1, -0.05) is 42.1 Å². The molecule has 2 heterocycles. The van der Waals surface area contributed by atoms with Crippen LogP contribution < -0.4 is 4.90 Å². The molecule has 0 bridgehead atoms. The smallest absolute Gasteiger partial charge is 0.228 e. The fourth-order valence-corrected chi connectivity index (χ4v) is 2.82. The maximum atomic E-state index is 5.41. The van der Waals surface area contributed by atoms with E-state index in [-0.39, 0.29) is 0 Å². The summed E-state index contributed by atoms with van der Waals surface area (Å²) < 4.78 is 7.59. The molecule has 0 spiro atoms. The predicted octanol–water partition coefficient (Wildman–Crippen LogP) is 1.88. The van der Waals surface area contributed by atoms with Gasteiger partial charge in [-0.05, 0) is 11.8 Å². The molecule has 106 valence electrons. The van der Waals surface area contributed by atoms with Gasteiger partial charge in [0, 0.05) is 13.1 Å². The molecular formula is C14H18N4OS. The van der Waals surface area contributed by atoms with E-state index in [0.29, 0.717) is 0 Å². The fourth-order valence-electron chi connectivity index (χ4n) is 2.33. The molecule has 0 aliphatic carbocycles. The Balaban J connectivity index is 1.89. The van der Waals surface area contributed by atoms with Gasteiger partial charge in [-0.2, -0.15) is 0 Å². The molecule has 6 heteroatoms. The van der Waals surface area contributed by atoms with Gasteiger partial charge in [0.25, 0.3) is 0 Å². The zero-order chi connectivity index (χ0) is 13.8. The van der Waals surface area contributed by atoms with E-state index < -0.39 is 0 Å². The lowest BCUT2D eigenvalue weighted by atomic mass is 10.2. The molecule has 3 rings (SSSR count). The third-order valence-corrected chi connectivity index (χ3v) is 4.02. The Bertz CT molecular complexity index is 552. The van der Waals surface area contributed by atoms with Crippen LogP contribution in [0.4, 0.5) is 5.95 Å². The van der Waals surface area contributed by atoms with Crippen molar-refractivity contribution in [2.45, 2.75) is 11.7 Å². The SMILES string of the molecule is CSc1nnc(N2CCOCC2)n1Cc1ccccc1. The highest BCUT2D eigenvalue weighted by Gasteiger charge is 2.20. The molecule has 5 nitrogen and oxygen atoms in total. The molecular weight excluding hydrogens is 272 g/mol. The molecule has 0 amide bonds. The third kappa shape index (κ3) is 2.81. The van der Waals surface area contributed by atoms with Gasteiger partial charge in [0.1, 0.15) is 0 Å². The van der Waals surface area contributed by atoms with Crippen LogP contribution in [0.5, 0.6) is 0 Å². The summed E-state index contributed by atoms with van der Waals surface area (Å²) in [6, 6.07) is 10.4. The van der Waals surface area contributed by atoms with Crippen molar-refractivity contribution in [3.63, 3.8) is 0 Å². The van der Waals surface area contributed by atoms with Gasteiger partial charge in [0.15, 0.2) is 5.16 Å². The molecule has 0 saturated carbocycles. The molecule has 1 aromatic carbocycles. The minimum absolute atomic E-state index is 0.757. The van der Waals surface area contributed by atoms with Crippen LogP contribution in [0.1, 0.15) is 5.56 Å². The standard InChI is InChI=1S/C14H18N4OS/c1-20-14-16-15-13(17-7-9-19-10-8-17)18(14)11-12-5-3-2-4-6-12/h2-6H,7-11H2,1H3. The predicted molar refractivity (Wildman–Crippen MR) is 80.4 cm³/mol. The van der Waals surface area contributed by atoms with Crippen LogP contribution in [0, 0.1) is 0 Å². The van der Waals surface area contributed by atoms with Gasteiger partial charge in [-0.3, -0.25) is 4.57 Å². The summed E-state index contributed by atoms with van der Waals surface area (Å²) in [5.74, 6) is 0.946. The first-order valence-electron chi connectivity index (χ1n) is 6.72. The Labute approximate surface area is 122 Å². The van der Waals surface area contributed by atoms with E-state index in [9.17, 15) is 0 Å². The summed E-state index contributed by atoms with van der Waals surface area (Å²) in [5, 5.41) is 9.62. The summed E-state index contributed by atoms with van der Waals surface area (Å²) in [6.45, 7) is 4.07. The van der Waals surface area contributed by atoms with Crippen molar-refractivity contribution in [3.05, 3.63) is 35.9 Å². The lowest BCUT2D eigenvalue weighted by Gasteiger charge is -2.27. The minimum atomic E-state index is 0.757. The highest BCUT2D eigenvalue weighted by atomic mass is 32.2. The summed E-state index contributed by atoms with van der Waals surface area (Å²) in [4.78, 5) is 2.25. The average Bonchev–Trinajstić information content (AvgIpc) is 2.92. The summed E-state index contributed by atoms with van der Waals surface area (Å²) in [5.41, 5.74) is 1.26. The van der Waals surface area contributed by atoms with Crippen molar-refractivity contribution < 1.29 is 4.74 Å². The quantitative estimate of drug-likeness (QED) is 0.805. The number of hydrogen-bond donors (Lipinski definition) is 0. The van der Waals surface area contributed by atoms with Crippen LogP contribution in [-0.4, -0.2) is 47.3 Å². The first kappa shape index (κ1) is 13.5. The van der Waals surface area contributed by atoms with E-state index in [1.807, 2.05) is 12.3 Å². The molecule has 1 aromatic heterocycles. The molecule has 0 N–H and O–H groups in total. The molecule has 20 heavy (non-hydrogen) atoms. The molecule has 1 aliphatic rings. The van der Waals surface area contributed by atoms with Gasteiger partial charge in [0.05, 0.1) is 19.8 Å². The van der Waals surface area contributed by atoms with E-state index in [1.165, 1.54) is 5.56 Å². The summed E-state index contributed by atoms with van der Waals surface area (Å²) in [7, 11) is 0. The van der Waals surface area contributed by atoms with Gasteiger partial charge in [-0.25, -0.2) is 0 Å². The van der Waals surface area contributed by atoms with Crippen LogP contribution in [0.3, 0.4) is 0 Å². The van der Waals surface area contributed by atoms with Crippen molar-refractivity contribution in [1.29, 1.82) is 0 Å². The number of anilines is 1. The van der Waals surface area contributed by atoms with Crippen LogP contribution in [0.15, 0.2) is 35.5 Å². The van der Waals surface area contributed by atoms with Crippen LogP contribution in [-0.2, 0) is 11.3 Å². The summed E-state index contributed by atoms with van der Waals surface area (Å²) >= 11 is 1.63. The second-order valence-corrected chi connectivity index (χ2v) is 5.43. The average molecular weight is 290 g/mol. The highest BCUT2D eigenvalue weighted by molar-refractivity contribution is 7.98. The molecule has 0 atom stereocenters. The number of benzene rings is 1. The van der Waals surface area contributed by atoms with Crippen molar-refractivity contribution in [3.8, 4) is 0 Å². The van der Waals surface area contributed by atoms with Crippen molar-refractivity contribution in [2.24, 2.45) is 0 Å². The Kier molecular flexibility index (Phi) is 4.22. The fraction of sp³-hybridized carbons (Fsp3) is 0.429. The van der Waals surface area contributed by atoms with Crippen LogP contribution in [0.2, 0.25) is 0 Å². The van der Waals surface area contributed by atoms with Crippen LogP contribution >= 0.6 is 11.8 Å². The highest BCUT2D eigenvalue weighted by Crippen LogP contribution is 2.22. The van der Waals surface area contributed by atoms with E-state index >= 15 is 0 Å². The monoisotopic (exact) mass is 290 g/mol. The maximum Gasteiger partial charge on any atom is 0.228 e. The van der Waals surface area contributed by atoms with E-state index in [4.69, 9.17) is 4.74 Å². The van der Waals surface area contributed by atoms with Crippen molar-refractivity contribution >= 4 is 17.7 Å². The molecule has 1 aliphatic heterocycles. The normalized spacial score (nSPS) is 15.6. The number of nitrogens with zero attached hydrogens (tertiary/aromatic N) is 4. The number of ether oxygens (including phenoxy) is 1. The van der Waals surface area contributed by atoms with E-state index in [1.54, 1.807) is 11.8 Å². The number of rotatable bonds is 4. The zero-order valence-electron chi connectivity index (χ0n) is 11.5. The molecule has 1 fully saturated rings. The van der Waals surface area contributed by atoms with E-state index in [2.05, 4.69) is 43.9 Å². The molecule has 2 aromatic rings. The molecule has 0 radical (unpaired) electrons. The van der Waals surface area contributed by atoms with Crippen LogP contribution in [0.25, 0.3) is 0 Å². The number of morpholine rings is 1. The van der Waals surface area contributed by atoms with Gasteiger partial charge in [0.2, 0.25) is 5.95 Å². The maximum absolute atomic E-state index is 5.41. The van der Waals surface area contributed by atoms with Crippen molar-refractivity contribution in [1.82, 2.24) is 14.8 Å². The Hall–Kier alpha value is -1.53. The third-order valence-electron chi connectivity index (χ3n) is 3.36. The van der Waals surface area contributed by atoms with Gasteiger partial charge >= 0.3 is 0 Å². The number of thioether (sulfide) groups is 1. The van der Waals surface area contributed by atoms with E-state index in [0.717, 1.165) is 44.0 Å². The number of aromatic nitrogens is 3. The Morgan fingerprint density at radius 2 is 1.90 bits per heavy atom. The topological polar surface area (TPSA) is 43.2 Å². The van der Waals surface area contributed by atoms with Crippen molar-refractivity contribution in [2.75, 3.05) is 37.5 Å².